The van der Waals surface area contributed by atoms with Crippen LogP contribution in [0.3, 0.4) is 0 Å². The number of rotatable bonds is 10. The molecule has 0 aliphatic rings. The highest BCUT2D eigenvalue weighted by Gasteiger charge is 2.24. The predicted molar refractivity (Wildman–Crippen MR) is 142 cm³/mol. The number of hydrogen-bond donors (Lipinski definition) is 1. The van der Waals surface area contributed by atoms with Crippen molar-refractivity contribution in [3.8, 4) is 34.1 Å². The van der Waals surface area contributed by atoms with Crippen LogP contribution in [0, 0.1) is 6.92 Å². The third kappa shape index (κ3) is 5.08. The van der Waals surface area contributed by atoms with Gasteiger partial charge in [-0.2, -0.15) is 0 Å². The van der Waals surface area contributed by atoms with E-state index in [4.69, 9.17) is 19.9 Å². The Kier molecular flexibility index (Phi) is 7.64. The molecule has 36 heavy (non-hydrogen) atoms. The Bertz CT molecular complexity index is 1360. The summed E-state index contributed by atoms with van der Waals surface area (Å²) in [6.07, 6.45) is 1.51. The number of hydrogen-bond acceptors (Lipinski definition) is 4. The summed E-state index contributed by atoms with van der Waals surface area (Å²) in [4.78, 5) is 12.6. The van der Waals surface area contributed by atoms with E-state index in [1.807, 2.05) is 79.7 Å². The summed E-state index contributed by atoms with van der Waals surface area (Å²) in [5.74, 6) is 2.42. The number of benzene rings is 3. The molecule has 0 fully saturated rings. The quantitative estimate of drug-likeness (QED) is 0.292. The van der Waals surface area contributed by atoms with Crippen molar-refractivity contribution in [3.05, 3.63) is 95.3 Å². The van der Waals surface area contributed by atoms with E-state index < -0.39 is 5.91 Å². The third-order valence-corrected chi connectivity index (χ3v) is 6.39. The van der Waals surface area contributed by atoms with Crippen LogP contribution in [0.25, 0.3) is 11.1 Å². The van der Waals surface area contributed by atoms with Crippen LogP contribution in [0.2, 0.25) is 0 Å². The number of primary amides is 1. The lowest BCUT2D eigenvalue weighted by molar-refractivity contribution is 0.1000. The number of aromatic nitrogens is 1. The zero-order valence-corrected chi connectivity index (χ0v) is 21.2. The molecule has 0 bridgehead atoms. The average molecular weight is 485 g/mol. The molecule has 6 heteroatoms. The molecule has 6 nitrogen and oxygen atoms in total. The second-order valence-electron chi connectivity index (χ2n) is 8.53. The van der Waals surface area contributed by atoms with Crippen LogP contribution in [-0.4, -0.2) is 24.7 Å². The van der Waals surface area contributed by atoms with Crippen molar-refractivity contribution in [2.24, 2.45) is 5.73 Å². The first kappa shape index (κ1) is 24.9. The number of amides is 1. The first-order valence-corrected chi connectivity index (χ1v) is 12.0. The lowest BCUT2D eigenvalue weighted by Gasteiger charge is -2.14. The van der Waals surface area contributed by atoms with Crippen LogP contribution < -0.4 is 19.9 Å². The van der Waals surface area contributed by atoms with Crippen molar-refractivity contribution in [1.82, 2.24) is 4.57 Å². The van der Waals surface area contributed by atoms with Gasteiger partial charge in [0.2, 0.25) is 0 Å². The Balaban J connectivity index is 1.71. The van der Waals surface area contributed by atoms with E-state index in [9.17, 15) is 4.79 Å². The van der Waals surface area contributed by atoms with Crippen molar-refractivity contribution < 1.29 is 19.0 Å². The van der Waals surface area contributed by atoms with Crippen LogP contribution in [0.4, 0.5) is 0 Å². The number of aryl methyl sites for hydroxylation is 1. The van der Waals surface area contributed by atoms with E-state index in [2.05, 4.69) is 11.5 Å². The maximum absolute atomic E-state index is 12.6. The van der Waals surface area contributed by atoms with E-state index in [1.54, 1.807) is 14.2 Å². The minimum atomic E-state index is -0.434. The second-order valence-corrected chi connectivity index (χ2v) is 8.53. The van der Waals surface area contributed by atoms with Crippen molar-refractivity contribution in [3.63, 3.8) is 0 Å². The Morgan fingerprint density at radius 3 is 2.28 bits per heavy atom. The first-order chi connectivity index (χ1) is 17.5. The normalized spacial score (nSPS) is 10.8. The van der Waals surface area contributed by atoms with E-state index >= 15 is 0 Å². The molecule has 2 N–H and O–H groups in total. The highest BCUT2D eigenvalue weighted by Crippen LogP contribution is 2.36. The summed E-state index contributed by atoms with van der Waals surface area (Å²) in [5, 5.41) is 0. The largest absolute Gasteiger partial charge is 0.493 e. The molecule has 0 spiro atoms. The standard InChI is InChI=1S/C30H32N2O4/c1-5-25-29(22-10-9-13-24(19-22)36-23-11-7-6-8-12-23)28(30(31)33)20(2)32(25)17-16-21-14-15-26(34-3)27(18-21)35-4/h6-15,18-19H,5,16-17H2,1-4H3,(H2,31,33). The Hall–Kier alpha value is -4.19. The average Bonchev–Trinajstić information content (AvgIpc) is 3.19. The smallest absolute Gasteiger partial charge is 0.251 e. The molecule has 0 saturated heterocycles. The number of carbonyl (C=O) groups is 1. The zero-order chi connectivity index (χ0) is 25.7. The molecule has 1 aromatic heterocycles. The Labute approximate surface area is 212 Å². The van der Waals surface area contributed by atoms with Crippen LogP contribution in [0.5, 0.6) is 23.0 Å². The molecule has 4 rings (SSSR count). The van der Waals surface area contributed by atoms with Gasteiger partial charge in [0.1, 0.15) is 11.5 Å². The monoisotopic (exact) mass is 484 g/mol. The van der Waals surface area contributed by atoms with E-state index in [0.29, 0.717) is 29.4 Å². The maximum atomic E-state index is 12.6. The molecule has 0 unspecified atom stereocenters. The Morgan fingerprint density at radius 2 is 1.61 bits per heavy atom. The summed E-state index contributed by atoms with van der Waals surface area (Å²) in [6, 6.07) is 23.4. The zero-order valence-electron chi connectivity index (χ0n) is 21.2. The van der Waals surface area contributed by atoms with Gasteiger partial charge >= 0.3 is 0 Å². The minimum absolute atomic E-state index is 0.434. The molecule has 1 heterocycles. The van der Waals surface area contributed by atoms with Crippen LogP contribution in [0.1, 0.15) is 34.2 Å². The second kappa shape index (κ2) is 11.0. The number of methoxy groups -OCH3 is 2. The predicted octanol–water partition coefficient (Wildman–Crippen LogP) is 6.18. The number of nitrogens with zero attached hydrogens (tertiary/aromatic N) is 1. The van der Waals surface area contributed by atoms with Gasteiger partial charge in [0.05, 0.1) is 19.8 Å². The van der Waals surface area contributed by atoms with Crippen molar-refractivity contribution in [1.29, 1.82) is 0 Å². The number of ether oxygens (including phenoxy) is 3. The molecule has 0 radical (unpaired) electrons. The van der Waals surface area contributed by atoms with Gasteiger partial charge in [-0.3, -0.25) is 4.79 Å². The van der Waals surface area contributed by atoms with E-state index in [-0.39, 0.29) is 0 Å². The number of carbonyl (C=O) groups excluding carboxylic acids is 1. The molecular weight excluding hydrogens is 452 g/mol. The van der Waals surface area contributed by atoms with E-state index in [1.165, 1.54) is 0 Å². The fraction of sp³-hybridized carbons (Fsp3) is 0.233. The number of para-hydroxylation sites is 1. The summed E-state index contributed by atoms with van der Waals surface area (Å²) in [5.41, 5.74) is 11.3. The van der Waals surface area contributed by atoms with Gasteiger partial charge in [-0.25, -0.2) is 0 Å². The molecule has 0 aliphatic carbocycles. The van der Waals surface area contributed by atoms with Gasteiger partial charge in [0.15, 0.2) is 11.5 Å². The molecule has 0 atom stereocenters. The van der Waals surface area contributed by atoms with Crippen LogP contribution >= 0.6 is 0 Å². The van der Waals surface area contributed by atoms with Gasteiger partial charge in [0.25, 0.3) is 5.91 Å². The van der Waals surface area contributed by atoms with Crippen molar-refractivity contribution in [2.45, 2.75) is 33.2 Å². The summed E-state index contributed by atoms with van der Waals surface area (Å²) >= 11 is 0. The molecule has 0 aliphatic heterocycles. The van der Waals surface area contributed by atoms with Gasteiger partial charge in [0, 0.05) is 23.5 Å². The van der Waals surface area contributed by atoms with E-state index in [0.717, 1.165) is 46.7 Å². The molecule has 4 aromatic rings. The van der Waals surface area contributed by atoms with Gasteiger partial charge < -0.3 is 24.5 Å². The molecule has 3 aromatic carbocycles. The summed E-state index contributed by atoms with van der Waals surface area (Å²) in [7, 11) is 3.26. The van der Waals surface area contributed by atoms with Gasteiger partial charge in [-0.1, -0.05) is 43.3 Å². The van der Waals surface area contributed by atoms with Crippen molar-refractivity contribution in [2.75, 3.05) is 14.2 Å². The molecule has 1 amide bonds. The molecule has 0 saturated carbocycles. The fourth-order valence-electron chi connectivity index (χ4n) is 4.70. The van der Waals surface area contributed by atoms with Crippen LogP contribution in [0.15, 0.2) is 72.8 Å². The Morgan fingerprint density at radius 1 is 0.889 bits per heavy atom. The lowest BCUT2D eigenvalue weighted by atomic mass is 9.98. The minimum Gasteiger partial charge on any atom is -0.493 e. The first-order valence-electron chi connectivity index (χ1n) is 12.0. The fourth-order valence-corrected chi connectivity index (χ4v) is 4.70. The summed E-state index contributed by atoms with van der Waals surface area (Å²) in [6.45, 7) is 4.76. The topological polar surface area (TPSA) is 75.7 Å². The van der Waals surface area contributed by atoms with Crippen molar-refractivity contribution >= 4 is 5.91 Å². The molecule has 186 valence electrons. The van der Waals surface area contributed by atoms with Crippen LogP contribution in [-0.2, 0) is 19.4 Å². The maximum Gasteiger partial charge on any atom is 0.251 e. The van der Waals surface area contributed by atoms with Gasteiger partial charge in [-0.15, -0.1) is 0 Å². The van der Waals surface area contributed by atoms with Gasteiger partial charge in [-0.05, 0) is 67.3 Å². The number of nitrogens with two attached hydrogens (primary N) is 1. The summed E-state index contributed by atoms with van der Waals surface area (Å²) < 4.78 is 19.1. The SMILES string of the molecule is CCc1c(-c2cccc(Oc3ccccc3)c2)c(C(N)=O)c(C)n1CCc1ccc(OC)c(OC)c1. The highest BCUT2D eigenvalue weighted by atomic mass is 16.5. The lowest BCUT2D eigenvalue weighted by Crippen LogP contribution is -2.14. The third-order valence-electron chi connectivity index (χ3n) is 6.39. The molecular formula is C30H32N2O4. The highest BCUT2D eigenvalue weighted by molar-refractivity contribution is 6.02.